The fourth-order valence-electron chi connectivity index (χ4n) is 1.81. The Labute approximate surface area is 121 Å². The van der Waals surface area contributed by atoms with Crippen molar-refractivity contribution in [1.29, 1.82) is 0 Å². The molecule has 0 aliphatic heterocycles. The smallest absolute Gasteiger partial charge is 0.135 e. The molecule has 0 saturated heterocycles. The van der Waals surface area contributed by atoms with E-state index in [1.54, 1.807) is 7.11 Å². The summed E-state index contributed by atoms with van der Waals surface area (Å²) in [6.45, 7) is 9.33. The minimum atomic E-state index is -0.178. The van der Waals surface area contributed by atoms with Gasteiger partial charge in [-0.2, -0.15) is 0 Å². The molecule has 0 fully saturated rings. The zero-order valence-electron chi connectivity index (χ0n) is 13.0. The van der Waals surface area contributed by atoms with Crippen LogP contribution in [0.5, 0.6) is 0 Å². The predicted molar refractivity (Wildman–Crippen MR) is 81.4 cm³/mol. The van der Waals surface area contributed by atoms with E-state index in [1.807, 2.05) is 13.8 Å². The average molecular weight is 282 g/mol. The maximum Gasteiger partial charge on any atom is 0.135 e. The third-order valence-electron chi connectivity index (χ3n) is 2.95. The van der Waals surface area contributed by atoms with Crippen molar-refractivity contribution < 1.29 is 9.84 Å². The van der Waals surface area contributed by atoms with Crippen LogP contribution in [0.4, 0.5) is 11.6 Å². The van der Waals surface area contributed by atoms with Crippen molar-refractivity contribution in [3.05, 3.63) is 11.4 Å². The van der Waals surface area contributed by atoms with E-state index >= 15 is 0 Å². The van der Waals surface area contributed by atoms with Gasteiger partial charge in [0.1, 0.15) is 17.5 Å². The Balaban J connectivity index is 3.09. The second-order valence-electron chi connectivity index (χ2n) is 5.07. The second kappa shape index (κ2) is 8.01. The van der Waals surface area contributed by atoms with Crippen LogP contribution in [0.1, 0.15) is 38.1 Å². The number of nitrogens with zero attached hydrogens (tertiary/aromatic N) is 2. The lowest BCUT2D eigenvalue weighted by molar-refractivity contribution is 0.153. The SMILES string of the molecule is CCNc1nc(C(C)C)nc(NC(CO)COC)c1C. The topological polar surface area (TPSA) is 79.3 Å². The Morgan fingerprint density at radius 2 is 1.90 bits per heavy atom. The normalized spacial score (nSPS) is 12.6. The van der Waals surface area contributed by atoms with E-state index in [0.29, 0.717) is 6.61 Å². The Bertz CT molecular complexity index is 424. The van der Waals surface area contributed by atoms with Gasteiger partial charge in [-0.1, -0.05) is 13.8 Å². The highest BCUT2D eigenvalue weighted by atomic mass is 16.5. The summed E-state index contributed by atoms with van der Waals surface area (Å²) in [4.78, 5) is 9.10. The molecule has 0 radical (unpaired) electrons. The molecule has 3 N–H and O–H groups in total. The molecule has 0 amide bonds. The van der Waals surface area contributed by atoms with E-state index in [2.05, 4.69) is 34.4 Å². The maximum absolute atomic E-state index is 9.36. The molecule has 114 valence electrons. The number of anilines is 2. The fraction of sp³-hybridized carbons (Fsp3) is 0.714. The average Bonchev–Trinajstić information content (AvgIpc) is 2.42. The van der Waals surface area contributed by atoms with Gasteiger partial charge >= 0.3 is 0 Å². The number of aliphatic hydroxyl groups excluding tert-OH is 1. The summed E-state index contributed by atoms with van der Waals surface area (Å²) in [5.74, 6) is 2.60. The van der Waals surface area contributed by atoms with Gasteiger partial charge in [0.15, 0.2) is 0 Å². The summed E-state index contributed by atoms with van der Waals surface area (Å²) in [5, 5.41) is 15.8. The zero-order valence-corrected chi connectivity index (χ0v) is 13.0. The molecule has 1 heterocycles. The van der Waals surface area contributed by atoms with Gasteiger partial charge in [0, 0.05) is 25.1 Å². The molecule has 0 saturated carbocycles. The van der Waals surface area contributed by atoms with Gasteiger partial charge in [0.25, 0.3) is 0 Å². The van der Waals surface area contributed by atoms with E-state index in [0.717, 1.165) is 29.6 Å². The van der Waals surface area contributed by atoms with Crippen molar-refractivity contribution in [3.8, 4) is 0 Å². The fourth-order valence-corrected chi connectivity index (χ4v) is 1.81. The number of aromatic nitrogens is 2. The number of aliphatic hydroxyl groups is 1. The van der Waals surface area contributed by atoms with Crippen LogP contribution in [-0.2, 0) is 4.74 Å². The molecule has 1 atom stereocenters. The number of methoxy groups -OCH3 is 1. The summed E-state index contributed by atoms with van der Waals surface area (Å²) < 4.78 is 5.08. The molecule has 0 aliphatic carbocycles. The van der Waals surface area contributed by atoms with Crippen molar-refractivity contribution in [1.82, 2.24) is 9.97 Å². The van der Waals surface area contributed by atoms with Crippen LogP contribution < -0.4 is 10.6 Å². The van der Waals surface area contributed by atoms with Gasteiger partial charge < -0.3 is 20.5 Å². The largest absolute Gasteiger partial charge is 0.394 e. The molecule has 0 aromatic carbocycles. The zero-order chi connectivity index (χ0) is 15.1. The summed E-state index contributed by atoms with van der Waals surface area (Å²) in [7, 11) is 1.61. The first-order valence-electron chi connectivity index (χ1n) is 7.02. The van der Waals surface area contributed by atoms with E-state index in [-0.39, 0.29) is 18.6 Å². The van der Waals surface area contributed by atoms with Crippen LogP contribution in [0.3, 0.4) is 0 Å². The van der Waals surface area contributed by atoms with Gasteiger partial charge in [-0.05, 0) is 13.8 Å². The van der Waals surface area contributed by atoms with E-state index in [4.69, 9.17) is 4.74 Å². The van der Waals surface area contributed by atoms with Crippen molar-refractivity contribution in [3.63, 3.8) is 0 Å². The summed E-state index contributed by atoms with van der Waals surface area (Å²) in [6, 6.07) is -0.178. The van der Waals surface area contributed by atoms with Gasteiger partial charge in [-0.3, -0.25) is 0 Å². The van der Waals surface area contributed by atoms with Crippen molar-refractivity contribution in [2.45, 2.75) is 39.7 Å². The first-order valence-corrected chi connectivity index (χ1v) is 7.02. The van der Waals surface area contributed by atoms with E-state index in [9.17, 15) is 5.11 Å². The third-order valence-corrected chi connectivity index (χ3v) is 2.95. The Morgan fingerprint density at radius 3 is 2.40 bits per heavy atom. The molecular formula is C14H26N4O2. The van der Waals surface area contributed by atoms with Crippen LogP contribution in [0.25, 0.3) is 0 Å². The number of hydrogen-bond donors (Lipinski definition) is 3. The van der Waals surface area contributed by atoms with E-state index in [1.165, 1.54) is 0 Å². The standard InChI is InChI=1S/C14H26N4O2/c1-6-15-13-10(4)14(16-11(7-19)8-20-5)18-12(17-13)9(2)3/h9,11,19H,6-8H2,1-5H3,(H2,15,16,17,18). The molecule has 20 heavy (non-hydrogen) atoms. The number of rotatable bonds is 8. The Hall–Kier alpha value is -1.40. The van der Waals surface area contributed by atoms with Crippen molar-refractivity contribution >= 4 is 11.6 Å². The number of nitrogens with one attached hydrogen (secondary N) is 2. The van der Waals surface area contributed by atoms with Gasteiger partial charge in [0.05, 0.1) is 19.3 Å². The third kappa shape index (κ3) is 4.31. The van der Waals surface area contributed by atoms with Gasteiger partial charge in [-0.25, -0.2) is 9.97 Å². The molecular weight excluding hydrogens is 256 g/mol. The summed E-state index contributed by atoms with van der Waals surface area (Å²) >= 11 is 0. The Kier molecular flexibility index (Phi) is 6.67. The number of hydrogen-bond acceptors (Lipinski definition) is 6. The molecule has 0 aliphatic rings. The molecule has 1 aromatic heterocycles. The second-order valence-corrected chi connectivity index (χ2v) is 5.07. The lowest BCUT2D eigenvalue weighted by Gasteiger charge is -2.20. The summed E-state index contributed by atoms with van der Waals surface area (Å²) in [5.41, 5.74) is 0.950. The van der Waals surface area contributed by atoms with Gasteiger partial charge in [-0.15, -0.1) is 0 Å². The van der Waals surface area contributed by atoms with Crippen LogP contribution >= 0.6 is 0 Å². The Morgan fingerprint density at radius 1 is 1.25 bits per heavy atom. The molecule has 6 heteroatoms. The van der Waals surface area contributed by atoms with Crippen molar-refractivity contribution in [2.24, 2.45) is 0 Å². The molecule has 1 unspecified atom stereocenters. The highest BCUT2D eigenvalue weighted by Crippen LogP contribution is 2.23. The molecule has 1 aromatic rings. The molecule has 1 rings (SSSR count). The van der Waals surface area contributed by atoms with Crippen LogP contribution in [-0.4, -0.2) is 48.0 Å². The first-order chi connectivity index (χ1) is 9.53. The van der Waals surface area contributed by atoms with Gasteiger partial charge in [0.2, 0.25) is 0 Å². The lowest BCUT2D eigenvalue weighted by atomic mass is 10.2. The lowest BCUT2D eigenvalue weighted by Crippen LogP contribution is -2.30. The minimum absolute atomic E-state index is 0.00909. The molecule has 0 spiro atoms. The monoisotopic (exact) mass is 282 g/mol. The molecule has 6 nitrogen and oxygen atoms in total. The highest BCUT2D eigenvalue weighted by molar-refractivity contribution is 5.57. The van der Waals surface area contributed by atoms with Crippen LogP contribution in [0.2, 0.25) is 0 Å². The molecule has 0 bridgehead atoms. The maximum atomic E-state index is 9.36. The van der Waals surface area contributed by atoms with Crippen LogP contribution in [0.15, 0.2) is 0 Å². The summed E-state index contributed by atoms with van der Waals surface area (Å²) in [6.07, 6.45) is 0. The van der Waals surface area contributed by atoms with Crippen LogP contribution in [0, 0.1) is 6.92 Å². The first kappa shape index (κ1) is 16.7. The van der Waals surface area contributed by atoms with E-state index < -0.39 is 0 Å². The highest BCUT2D eigenvalue weighted by Gasteiger charge is 2.15. The quantitative estimate of drug-likeness (QED) is 0.674. The van der Waals surface area contributed by atoms with Crippen molar-refractivity contribution in [2.75, 3.05) is 37.5 Å². The number of ether oxygens (including phenoxy) is 1. The predicted octanol–water partition coefficient (Wildman–Crippen LogP) is 1.76. The minimum Gasteiger partial charge on any atom is -0.394 e.